The van der Waals surface area contributed by atoms with Crippen LogP contribution in [0, 0.1) is 6.92 Å². The fourth-order valence-electron chi connectivity index (χ4n) is 2.04. The zero-order valence-corrected chi connectivity index (χ0v) is 9.73. The minimum atomic E-state index is -0.679. The fourth-order valence-corrected chi connectivity index (χ4v) is 2.04. The first kappa shape index (κ1) is 11.1. The van der Waals surface area contributed by atoms with Crippen LogP contribution in [0.5, 0.6) is 0 Å². The summed E-state index contributed by atoms with van der Waals surface area (Å²) < 4.78 is 0. The zero-order chi connectivity index (χ0) is 11.8. The average Bonchev–Trinajstić information content (AvgIpc) is 2.17. The molecule has 1 aromatic carbocycles. The van der Waals surface area contributed by atoms with Crippen LogP contribution in [-0.2, 0) is 11.2 Å². The maximum absolute atomic E-state index is 11.8. The van der Waals surface area contributed by atoms with E-state index in [9.17, 15) is 9.90 Å². The van der Waals surface area contributed by atoms with Crippen molar-refractivity contribution in [1.82, 2.24) is 4.90 Å². The molecule has 0 unspecified atom stereocenters. The second kappa shape index (κ2) is 3.91. The highest BCUT2D eigenvalue weighted by Crippen LogP contribution is 2.21. The largest absolute Gasteiger partial charge is 0.386 e. The van der Waals surface area contributed by atoms with E-state index in [-0.39, 0.29) is 5.91 Å². The van der Waals surface area contributed by atoms with Crippen molar-refractivity contribution < 1.29 is 9.90 Å². The SMILES string of the molecule is Cc1ccccc1CC(=O)N1CC(C)(O)C1. The lowest BCUT2D eigenvalue weighted by molar-refractivity contribution is -0.151. The number of aryl methyl sites for hydroxylation is 1. The molecule has 1 N–H and O–H groups in total. The summed E-state index contributed by atoms with van der Waals surface area (Å²) in [5, 5.41) is 9.56. The summed E-state index contributed by atoms with van der Waals surface area (Å²) in [7, 11) is 0. The highest BCUT2D eigenvalue weighted by molar-refractivity contribution is 5.80. The van der Waals surface area contributed by atoms with Gasteiger partial charge in [0.05, 0.1) is 25.1 Å². The molecule has 3 nitrogen and oxygen atoms in total. The first-order chi connectivity index (χ1) is 7.48. The van der Waals surface area contributed by atoms with Gasteiger partial charge in [0.1, 0.15) is 0 Å². The van der Waals surface area contributed by atoms with Crippen LogP contribution >= 0.6 is 0 Å². The molecule has 1 amide bonds. The van der Waals surface area contributed by atoms with Crippen LogP contribution in [0.2, 0.25) is 0 Å². The van der Waals surface area contributed by atoms with Gasteiger partial charge < -0.3 is 10.0 Å². The molecule has 1 aliphatic rings. The summed E-state index contributed by atoms with van der Waals surface area (Å²) in [5.41, 5.74) is 1.53. The summed E-state index contributed by atoms with van der Waals surface area (Å²) in [6.07, 6.45) is 0.433. The lowest BCUT2D eigenvalue weighted by Crippen LogP contribution is -2.62. The third-order valence-electron chi connectivity index (χ3n) is 3.02. The molecule has 0 bridgehead atoms. The Bertz CT molecular complexity index is 404. The summed E-state index contributed by atoms with van der Waals surface area (Å²) >= 11 is 0. The van der Waals surface area contributed by atoms with Crippen molar-refractivity contribution in [2.24, 2.45) is 0 Å². The number of nitrogens with zero attached hydrogens (tertiary/aromatic N) is 1. The van der Waals surface area contributed by atoms with Gasteiger partial charge in [-0.3, -0.25) is 4.79 Å². The molecule has 2 rings (SSSR count). The maximum Gasteiger partial charge on any atom is 0.227 e. The highest BCUT2D eigenvalue weighted by Gasteiger charge is 2.39. The van der Waals surface area contributed by atoms with Crippen LogP contribution < -0.4 is 0 Å². The lowest BCUT2D eigenvalue weighted by Gasteiger charge is -2.44. The Balaban J connectivity index is 1.96. The average molecular weight is 219 g/mol. The van der Waals surface area contributed by atoms with Gasteiger partial charge in [-0.25, -0.2) is 0 Å². The minimum absolute atomic E-state index is 0.0980. The van der Waals surface area contributed by atoms with E-state index in [1.165, 1.54) is 0 Å². The molecular formula is C13H17NO2. The van der Waals surface area contributed by atoms with Crippen LogP contribution in [0.25, 0.3) is 0 Å². The molecule has 0 radical (unpaired) electrons. The van der Waals surface area contributed by atoms with Crippen LogP contribution in [0.4, 0.5) is 0 Å². The minimum Gasteiger partial charge on any atom is -0.386 e. The first-order valence-electron chi connectivity index (χ1n) is 5.53. The monoisotopic (exact) mass is 219 g/mol. The van der Waals surface area contributed by atoms with Crippen molar-refractivity contribution in [2.45, 2.75) is 25.9 Å². The molecule has 0 aliphatic carbocycles. The number of carbonyl (C=O) groups excluding carboxylic acids is 1. The molecule has 1 fully saturated rings. The third kappa shape index (κ3) is 2.25. The Hall–Kier alpha value is -1.35. The van der Waals surface area contributed by atoms with E-state index >= 15 is 0 Å². The van der Waals surface area contributed by atoms with Crippen LogP contribution in [0.15, 0.2) is 24.3 Å². The Morgan fingerprint density at radius 3 is 2.62 bits per heavy atom. The first-order valence-corrected chi connectivity index (χ1v) is 5.53. The number of benzene rings is 1. The van der Waals surface area contributed by atoms with E-state index in [1.807, 2.05) is 31.2 Å². The molecule has 0 atom stereocenters. The van der Waals surface area contributed by atoms with Gasteiger partial charge in [0.2, 0.25) is 5.91 Å². The quantitative estimate of drug-likeness (QED) is 0.810. The fraction of sp³-hybridized carbons (Fsp3) is 0.462. The summed E-state index contributed by atoms with van der Waals surface area (Å²) in [4.78, 5) is 13.6. The number of likely N-dealkylation sites (tertiary alicyclic amines) is 1. The predicted molar refractivity (Wildman–Crippen MR) is 62.1 cm³/mol. The van der Waals surface area contributed by atoms with Crippen molar-refractivity contribution >= 4 is 5.91 Å². The van der Waals surface area contributed by atoms with Crippen LogP contribution in [0.1, 0.15) is 18.1 Å². The molecule has 1 heterocycles. The molecule has 86 valence electrons. The van der Waals surface area contributed by atoms with Crippen molar-refractivity contribution in [2.75, 3.05) is 13.1 Å². The number of rotatable bonds is 2. The third-order valence-corrected chi connectivity index (χ3v) is 3.02. The molecular weight excluding hydrogens is 202 g/mol. The summed E-state index contributed by atoms with van der Waals surface area (Å²) in [6.45, 7) is 4.68. The Labute approximate surface area is 95.7 Å². The lowest BCUT2D eigenvalue weighted by atomic mass is 9.95. The topological polar surface area (TPSA) is 40.5 Å². The Morgan fingerprint density at radius 1 is 1.44 bits per heavy atom. The smallest absolute Gasteiger partial charge is 0.227 e. The van der Waals surface area contributed by atoms with E-state index in [0.29, 0.717) is 19.5 Å². The van der Waals surface area contributed by atoms with E-state index in [0.717, 1.165) is 11.1 Å². The molecule has 0 spiro atoms. The predicted octanol–water partition coefficient (Wildman–Crippen LogP) is 1.13. The van der Waals surface area contributed by atoms with Crippen molar-refractivity contribution in [3.63, 3.8) is 0 Å². The molecule has 1 saturated heterocycles. The van der Waals surface area contributed by atoms with E-state index in [1.54, 1.807) is 11.8 Å². The van der Waals surface area contributed by atoms with Crippen molar-refractivity contribution in [3.8, 4) is 0 Å². The number of carbonyl (C=O) groups is 1. The van der Waals surface area contributed by atoms with Gasteiger partial charge in [-0.15, -0.1) is 0 Å². The Morgan fingerprint density at radius 2 is 2.06 bits per heavy atom. The number of β-amino-alcohol motifs (C(OH)–C–C–N with tert-alkyl or cyclic N) is 1. The number of hydrogen-bond acceptors (Lipinski definition) is 2. The molecule has 0 aromatic heterocycles. The Kier molecular flexibility index (Phi) is 2.72. The molecule has 0 saturated carbocycles. The normalized spacial score (nSPS) is 18.1. The van der Waals surface area contributed by atoms with Gasteiger partial charge in [0, 0.05) is 0 Å². The maximum atomic E-state index is 11.8. The second-order valence-electron chi connectivity index (χ2n) is 4.85. The standard InChI is InChI=1S/C13H17NO2/c1-10-5-3-4-6-11(10)7-12(15)14-8-13(2,16)9-14/h3-6,16H,7-9H2,1-2H3. The molecule has 16 heavy (non-hydrogen) atoms. The van der Waals surface area contributed by atoms with Crippen molar-refractivity contribution in [1.29, 1.82) is 0 Å². The summed E-state index contributed by atoms with van der Waals surface area (Å²) in [6, 6.07) is 7.90. The van der Waals surface area contributed by atoms with Gasteiger partial charge >= 0.3 is 0 Å². The van der Waals surface area contributed by atoms with E-state index in [2.05, 4.69) is 0 Å². The van der Waals surface area contributed by atoms with E-state index < -0.39 is 5.60 Å². The number of amides is 1. The summed E-state index contributed by atoms with van der Waals surface area (Å²) in [5.74, 6) is 0.0980. The van der Waals surface area contributed by atoms with Crippen LogP contribution in [-0.4, -0.2) is 34.6 Å². The van der Waals surface area contributed by atoms with E-state index in [4.69, 9.17) is 0 Å². The van der Waals surface area contributed by atoms with Crippen molar-refractivity contribution in [3.05, 3.63) is 35.4 Å². The number of aliphatic hydroxyl groups is 1. The highest BCUT2D eigenvalue weighted by atomic mass is 16.3. The second-order valence-corrected chi connectivity index (χ2v) is 4.85. The molecule has 1 aliphatic heterocycles. The van der Waals surface area contributed by atoms with Gasteiger partial charge in [-0.05, 0) is 25.0 Å². The molecule has 1 aromatic rings. The zero-order valence-electron chi connectivity index (χ0n) is 9.73. The molecule has 3 heteroatoms. The number of hydrogen-bond donors (Lipinski definition) is 1. The van der Waals surface area contributed by atoms with Gasteiger partial charge in [0.25, 0.3) is 0 Å². The van der Waals surface area contributed by atoms with Gasteiger partial charge in [-0.1, -0.05) is 24.3 Å². The van der Waals surface area contributed by atoms with Gasteiger partial charge in [-0.2, -0.15) is 0 Å². The van der Waals surface area contributed by atoms with Crippen LogP contribution in [0.3, 0.4) is 0 Å². The van der Waals surface area contributed by atoms with Gasteiger partial charge in [0.15, 0.2) is 0 Å².